The zero-order valence-corrected chi connectivity index (χ0v) is 8.38. The topological polar surface area (TPSA) is 58.6 Å². The normalized spacial score (nSPS) is 36.1. The molecule has 0 amide bonds. The molecule has 2 rings (SSSR count). The van der Waals surface area contributed by atoms with Crippen molar-refractivity contribution in [2.24, 2.45) is 0 Å². The molecule has 0 aromatic heterocycles. The summed E-state index contributed by atoms with van der Waals surface area (Å²) in [6, 6.07) is -0.0231. The van der Waals surface area contributed by atoms with Gasteiger partial charge in [-0.15, -0.1) is 0 Å². The first-order valence-electron chi connectivity index (χ1n) is 4.36. The lowest BCUT2D eigenvalue weighted by atomic mass is 10.1. The maximum Gasteiger partial charge on any atom is 0.211 e. The molecule has 2 aliphatic heterocycles. The van der Waals surface area contributed by atoms with Crippen LogP contribution in [0.1, 0.15) is 0 Å². The van der Waals surface area contributed by atoms with E-state index in [0.29, 0.717) is 26.3 Å². The van der Waals surface area contributed by atoms with E-state index in [0.717, 1.165) is 0 Å². The molecule has 76 valence electrons. The van der Waals surface area contributed by atoms with Gasteiger partial charge in [0.1, 0.15) is 0 Å². The summed E-state index contributed by atoms with van der Waals surface area (Å²) in [4.78, 5) is 0. The van der Waals surface area contributed by atoms with Crippen LogP contribution in [-0.4, -0.2) is 57.4 Å². The lowest BCUT2D eigenvalue weighted by Gasteiger charge is -2.44. The lowest BCUT2D eigenvalue weighted by Crippen LogP contribution is -2.64. The van der Waals surface area contributed by atoms with Crippen LogP contribution >= 0.6 is 0 Å². The van der Waals surface area contributed by atoms with Crippen LogP contribution in [0.4, 0.5) is 0 Å². The third-order valence-electron chi connectivity index (χ3n) is 2.48. The van der Waals surface area contributed by atoms with Gasteiger partial charge in [0.05, 0.1) is 31.6 Å². The van der Waals surface area contributed by atoms with Crippen LogP contribution in [0, 0.1) is 0 Å². The second kappa shape index (κ2) is 3.20. The molecular formula is C7H14N2O3S. The van der Waals surface area contributed by atoms with Crippen LogP contribution in [0.3, 0.4) is 0 Å². The van der Waals surface area contributed by atoms with Crippen molar-refractivity contribution in [3.8, 4) is 0 Å². The minimum absolute atomic E-state index is 0.0116. The van der Waals surface area contributed by atoms with Gasteiger partial charge in [0.25, 0.3) is 0 Å². The average Bonchev–Trinajstić information content (AvgIpc) is 2.01. The number of sulfonamides is 1. The molecule has 5 nitrogen and oxygen atoms in total. The Morgan fingerprint density at radius 2 is 1.85 bits per heavy atom. The Bertz CT molecular complexity index is 268. The smallest absolute Gasteiger partial charge is 0.211 e. The molecule has 0 saturated carbocycles. The Hall–Kier alpha value is -0.170. The quantitative estimate of drug-likeness (QED) is 0.574. The highest BCUT2D eigenvalue weighted by molar-refractivity contribution is 7.88. The predicted molar refractivity (Wildman–Crippen MR) is 47.9 cm³/mol. The van der Waals surface area contributed by atoms with Gasteiger partial charge in [0, 0.05) is 13.1 Å². The fraction of sp³-hybridized carbons (Fsp3) is 1.00. The highest BCUT2D eigenvalue weighted by Gasteiger charge is 2.39. The summed E-state index contributed by atoms with van der Waals surface area (Å²) in [5.41, 5.74) is 0. The van der Waals surface area contributed by atoms with E-state index < -0.39 is 10.0 Å². The summed E-state index contributed by atoms with van der Waals surface area (Å²) in [7, 11) is -3.07. The fourth-order valence-electron chi connectivity index (χ4n) is 2.04. The number of hydrogen-bond donors (Lipinski definition) is 1. The number of hydrogen-bond acceptors (Lipinski definition) is 4. The monoisotopic (exact) mass is 206 g/mol. The molecular weight excluding hydrogens is 192 g/mol. The maximum atomic E-state index is 11.4. The first kappa shape index (κ1) is 9.39. The number of rotatable bonds is 1. The van der Waals surface area contributed by atoms with Gasteiger partial charge in [-0.25, -0.2) is 8.42 Å². The summed E-state index contributed by atoms with van der Waals surface area (Å²) < 4.78 is 29.8. The van der Waals surface area contributed by atoms with E-state index in [4.69, 9.17) is 4.74 Å². The van der Waals surface area contributed by atoms with Crippen molar-refractivity contribution >= 4 is 10.0 Å². The number of fused-ring (bicyclic) bond motifs is 2. The molecule has 2 heterocycles. The Morgan fingerprint density at radius 3 is 2.23 bits per heavy atom. The van der Waals surface area contributed by atoms with Gasteiger partial charge in [0.2, 0.25) is 10.0 Å². The summed E-state index contributed by atoms with van der Waals surface area (Å²) in [6.45, 7) is 2.42. The Balaban J connectivity index is 2.25. The highest BCUT2D eigenvalue weighted by Crippen LogP contribution is 2.19. The minimum atomic E-state index is -3.07. The van der Waals surface area contributed by atoms with Gasteiger partial charge in [-0.2, -0.15) is 4.31 Å². The van der Waals surface area contributed by atoms with Crippen molar-refractivity contribution in [3.63, 3.8) is 0 Å². The fourth-order valence-corrected chi connectivity index (χ4v) is 3.40. The molecule has 2 unspecified atom stereocenters. The Kier molecular flexibility index (Phi) is 2.31. The molecule has 6 heteroatoms. The first-order valence-corrected chi connectivity index (χ1v) is 6.21. The van der Waals surface area contributed by atoms with Crippen LogP contribution in [0.5, 0.6) is 0 Å². The molecule has 0 radical (unpaired) electrons. The van der Waals surface area contributed by atoms with Crippen LogP contribution < -0.4 is 5.32 Å². The van der Waals surface area contributed by atoms with Gasteiger partial charge in [-0.1, -0.05) is 0 Å². The first-order chi connectivity index (χ1) is 6.09. The maximum absolute atomic E-state index is 11.4. The average molecular weight is 206 g/mol. The molecule has 1 N–H and O–H groups in total. The zero-order valence-electron chi connectivity index (χ0n) is 7.56. The van der Waals surface area contributed by atoms with Crippen molar-refractivity contribution in [3.05, 3.63) is 0 Å². The molecule has 0 spiro atoms. The van der Waals surface area contributed by atoms with Gasteiger partial charge in [0.15, 0.2) is 0 Å². The van der Waals surface area contributed by atoms with Crippen molar-refractivity contribution in [2.75, 3.05) is 32.6 Å². The third-order valence-corrected chi connectivity index (χ3v) is 3.85. The van der Waals surface area contributed by atoms with Crippen LogP contribution in [0.25, 0.3) is 0 Å². The van der Waals surface area contributed by atoms with Crippen LogP contribution in [0.15, 0.2) is 0 Å². The highest BCUT2D eigenvalue weighted by atomic mass is 32.2. The van der Waals surface area contributed by atoms with Gasteiger partial charge < -0.3 is 10.1 Å². The number of nitrogens with one attached hydrogen (secondary N) is 1. The summed E-state index contributed by atoms with van der Waals surface area (Å²) in [5, 5.41) is 3.20. The Morgan fingerprint density at radius 1 is 1.31 bits per heavy atom. The second-order valence-electron chi connectivity index (χ2n) is 3.60. The molecule has 2 saturated heterocycles. The lowest BCUT2D eigenvalue weighted by molar-refractivity contribution is -0.0212. The largest absolute Gasteiger partial charge is 0.378 e. The standard InChI is InChI=1S/C7H14N2O3S/c1-13(10,11)9-6-2-8-3-7(9)5-12-4-6/h6-8H,2-5H2,1H3. The molecule has 2 aliphatic rings. The van der Waals surface area contributed by atoms with E-state index in [9.17, 15) is 8.42 Å². The molecule has 2 atom stereocenters. The number of morpholine rings is 1. The summed E-state index contributed by atoms with van der Waals surface area (Å²) in [5.74, 6) is 0. The van der Waals surface area contributed by atoms with E-state index in [-0.39, 0.29) is 12.1 Å². The minimum Gasteiger partial charge on any atom is -0.378 e. The number of nitrogens with zero attached hydrogens (tertiary/aromatic N) is 1. The van der Waals surface area contributed by atoms with Gasteiger partial charge in [-0.05, 0) is 0 Å². The molecule has 2 fully saturated rings. The van der Waals surface area contributed by atoms with Crippen molar-refractivity contribution in [2.45, 2.75) is 12.1 Å². The number of piperazine rings is 1. The van der Waals surface area contributed by atoms with E-state index in [1.165, 1.54) is 6.26 Å². The molecule has 2 bridgehead atoms. The van der Waals surface area contributed by atoms with E-state index >= 15 is 0 Å². The molecule has 13 heavy (non-hydrogen) atoms. The van der Waals surface area contributed by atoms with Crippen molar-refractivity contribution in [1.82, 2.24) is 9.62 Å². The Labute approximate surface area is 78.1 Å². The molecule has 0 aromatic carbocycles. The van der Waals surface area contributed by atoms with E-state index in [1.54, 1.807) is 4.31 Å². The number of ether oxygens (including phenoxy) is 1. The summed E-state index contributed by atoms with van der Waals surface area (Å²) >= 11 is 0. The van der Waals surface area contributed by atoms with Crippen LogP contribution in [-0.2, 0) is 14.8 Å². The SMILES string of the molecule is CS(=O)(=O)N1C2CNCC1COC2. The zero-order chi connectivity index (χ0) is 9.47. The second-order valence-corrected chi connectivity index (χ2v) is 5.48. The van der Waals surface area contributed by atoms with Crippen molar-refractivity contribution < 1.29 is 13.2 Å². The van der Waals surface area contributed by atoms with Gasteiger partial charge in [-0.3, -0.25) is 0 Å². The van der Waals surface area contributed by atoms with Crippen LogP contribution in [0.2, 0.25) is 0 Å². The van der Waals surface area contributed by atoms with E-state index in [1.807, 2.05) is 0 Å². The predicted octanol–water partition coefficient (Wildman–Crippen LogP) is -1.38. The third kappa shape index (κ3) is 1.71. The van der Waals surface area contributed by atoms with E-state index in [2.05, 4.69) is 5.32 Å². The van der Waals surface area contributed by atoms with Crippen molar-refractivity contribution in [1.29, 1.82) is 0 Å². The van der Waals surface area contributed by atoms with Gasteiger partial charge >= 0.3 is 0 Å². The molecule has 0 aromatic rings. The molecule has 0 aliphatic carbocycles. The summed E-state index contributed by atoms with van der Waals surface area (Å²) in [6.07, 6.45) is 1.27.